The van der Waals surface area contributed by atoms with Crippen molar-refractivity contribution in [2.45, 2.75) is 32.7 Å². The zero-order valence-electron chi connectivity index (χ0n) is 15.6. The van der Waals surface area contributed by atoms with E-state index in [1.165, 1.54) is 5.70 Å². The topological polar surface area (TPSA) is 82.4 Å². The van der Waals surface area contributed by atoms with Crippen LogP contribution in [0.25, 0.3) is 11.3 Å². The lowest BCUT2D eigenvalue weighted by molar-refractivity contribution is 0.0823. The summed E-state index contributed by atoms with van der Waals surface area (Å²) in [6, 6.07) is 11.6. The van der Waals surface area contributed by atoms with E-state index in [1.807, 2.05) is 30.3 Å². The van der Waals surface area contributed by atoms with Gasteiger partial charge in [0, 0.05) is 36.1 Å². The molecule has 0 atom stereocenters. The first-order chi connectivity index (χ1) is 13.1. The van der Waals surface area contributed by atoms with Crippen molar-refractivity contribution in [3.63, 3.8) is 0 Å². The summed E-state index contributed by atoms with van der Waals surface area (Å²) in [7, 11) is 0. The molecule has 4 rings (SSSR count). The Labute approximate surface area is 158 Å². The maximum Gasteiger partial charge on any atom is 0.290 e. The molecule has 7 heteroatoms. The Hall–Kier alpha value is -2.80. The van der Waals surface area contributed by atoms with Crippen molar-refractivity contribution >= 4 is 5.91 Å². The second-order valence-electron chi connectivity index (χ2n) is 7.58. The first-order valence-electron chi connectivity index (χ1n) is 9.41. The number of hydrogen-bond acceptors (Lipinski definition) is 6. The highest BCUT2D eigenvalue weighted by molar-refractivity contribution is 5.92. The van der Waals surface area contributed by atoms with Crippen LogP contribution in [0.3, 0.4) is 0 Å². The van der Waals surface area contributed by atoms with Gasteiger partial charge in [-0.3, -0.25) is 9.80 Å². The Morgan fingerprint density at radius 3 is 2.81 bits per heavy atom. The number of aromatic nitrogens is 1. The van der Waals surface area contributed by atoms with Crippen LogP contribution in [0.5, 0.6) is 0 Å². The Morgan fingerprint density at radius 1 is 1.33 bits per heavy atom. The van der Waals surface area contributed by atoms with E-state index >= 15 is 0 Å². The lowest BCUT2D eigenvalue weighted by Gasteiger charge is -2.37. The molecule has 1 aromatic heterocycles. The molecule has 0 spiro atoms. The summed E-state index contributed by atoms with van der Waals surface area (Å²) >= 11 is 0. The average molecular weight is 367 g/mol. The second kappa shape index (κ2) is 7.44. The van der Waals surface area contributed by atoms with Gasteiger partial charge in [0.2, 0.25) is 5.76 Å². The molecule has 0 bridgehead atoms. The van der Waals surface area contributed by atoms with Gasteiger partial charge in [-0.25, -0.2) is 0 Å². The van der Waals surface area contributed by atoms with Crippen LogP contribution < -0.4 is 16.3 Å². The van der Waals surface area contributed by atoms with Crippen LogP contribution in [0, 0.1) is 11.8 Å². The number of amides is 1. The number of nitrogens with zero attached hydrogens (tertiary/aromatic N) is 2. The van der Waals surface area contributed by atoms with Crippen molar-refractivity contribution in [2.75, 3.05) is 6.54 Å². The SMILES string of the molecule is CC(C)C1=CN(CC2CC(NC(=O)c3cc(-c4ccccc4)no3)C2)NN1. The van der Waals surface area contributed by atoms with E-state index in [0.717, 1.165) is 24.9 Å². The molecule has 2 aromatic rings. The number of rotatable bonds is 6. The second-order valence-corrected chi connectivity index (χ2v) is 7.58. The van der Waals surface area contributed by atoms with E-state index in [4.69, 9.17) is 4.52 Å². The zero-order valence-corrected chi connectivity index (χ0v) is 15.6. The average Bonchev–Trinajstić information content (AvgIpc) is 3.30. The normalized spacial score (nSPS) is 21.6. The molecule has 142 valence electrons. The standard InChI is InChI=1S/C20H25N5O2/c1-13(2)18-12-25(24-22-18)11-14-8-16(9-14)21-20(26)19-10-17(23-27-19)15-6-4-3-5-7-15/h3-7,10,12-14,16,22,24H,8-9,11H2,1-2H3,(H,21,26). The van der Waals surface area contributed by atoms with Gasteiger partial charge in [0.15, 0.2) is 0 Å². The van der Waals surface area contributed by atoms with Gasteiger partial charge in [0.25, 0.3) is 5.91 Å². The molecule has 3 N–H and O–H groups in total. The minimum absolute atomic E-state index is 0.192. The first kappa shape index (κ1) is 17.6. The molecule has 1 aliphatic carbocycles. The fraction of sp³-hybridized carbons (Fsp3) is 0.400. The molecule has 2 heterocycles. The van der Waals surface area contributed by atoms with Crippen LogP contribution in [-0.4, -0.2) is 28.7 Å². The third-order valence-corrected chi connectivity index (χ3v) is 5.09. The third-order valence-electron chi connectivity index (χ3n) is 5.09. The van der Waals surface area contributed by atoms with Crippen molar-refractivity contribution in [3.05, 3.63) is 54.1 Å². The summed E-state index contributed by atoms with van der Waals surface area (Å²) in [4.78, 5) is 12.4. The van der Waals surface area contributed by atoms with Crippen molar-refractivity contribution in [3.8, 4) is 11.3 Å². The smallest absolute Gasteiger partial charge is 0.290 e. The predicted octanol–water partition coefficient (Wildman–Crippen LogP) is 2.67. The van der Waals surface area contributed by atoms with E-state index in [1.54, 1.807) is 6.07 Å². The van der Waals surface area contributed by atoms with Gasteiger partial charge >= 0.3 is 0 Å². The van der Waals surface area contributed by atoms with Crippen molar-refractivity contribution in [1.29, 1.82) is 0 Å². The maximum absolute atomic E-state index is 12.4. The molecule has 1 fully saturated rings. The molecule has 27 heavy (non-hydrogen) atoms. The van der Waals surface area contributed by atoms with Crippen LogP contribution in [0.1, 0.15) is 37.2 Å². The number of allylic oxidation sites excluding steroid dienone is 1. The summed E-state index contributed by atoms with van der Waals surface area (Å²) in [6.07, 6.45) is 4.05. The van der Waals surface area contributed by atoms with E-state index < -0.39 is 0 Å². The maximum atomic E-state index is 12.4. The number of nitrogens with one attached hydrogen (secondary N) is 3. The monoisotopic (exact) mass is 367 g/mol. The Morgan fingerprint density at radius 2 is 2.11 bits per heavy atom. The summed E-state index contributed by atoms with van der Waals surface area (Å²) in [5.74, 6) is 1.09. The number of hydrazine groups is 2. The van der Waals surface area contributed by atoms with E-state index in [0.29, 0.717) is 17.5 Å². The quantitative estimate of drug-likeness (QED) is 0.728. The van der Waals surface area contributed by atoms with E-state index in [9.17, 15) is 4.79 Å². The molecule has 1 aromatic carbocycles. The van der Waals surface area contributed by atoms with Crippen molar-refractivity contribution in [1.82, 2.24) is 26.4 Å². The molecule has 0 saturated heterocycles. The largest absolute Gasteiger partial charge is 0.350 e. The molecule has 0 radical (unpaired) electrons. The Kier molecular flexibility index (Phi) is 4.85. The van der Waals surface area contributed by atoms with Crippen LogP contribution in [-0.2, 0) is 0 Å². The molecular weight excluding hydrogens is 342 g/mol. The molecule has 1 amide bonds. The molecule has 1 saturated carbocycles. The zero-order chi connectivity index (χ0) is 18.8. The van der Waals surface area contributed by atoms with Gasteiger partial charge in [-0.1, -0.05) is 49.3 Å². The third kappa shape index (κ3) is 3.98. The Bertz CT molecular complexity index is 824. The minimum Gasteiger partial charge on any atom is -0.350 e. The number of hydrogen-bond donors (Lipinski definition) is 3. The predicted molar refractivity (Wildman–Crippen MR) is 102 cm³/mol. The highest BCUT2D eigenvalue weighted by Gasteiger charge is 2.33. The van der Waals surface area contributed by atoms with Crippen LogP contribution in [0.4, 0.5) is 0 Å². The van der Waals surface area contributed by atoms with Gasteiger partial charge in [0.1, 0.15) is 5.69 Å². The van der Waals surface area contributed by atoms with Crippen LogP contribution >= 0.6 is 0 Å². The highest BCUT2D eigenvalue weighted by atomic mass is 16.5. The molecule has 0 unspecified atom stereocenters. The number of benzene rings is 1. The van der Waals surface area contributed by atoms with Gasteiger partial charge in [-0.05, 0) is 24.7 Å². The lowest BCUT2D eigenvalue weighted by atomic mass is 9.80. The minimum atomic E-state index is -0.198. The first-order valence-corrected chi connectivity index (χ1v) is 9.41. The molecular formula is C20H25N5O2. The van der Waals surface area contributed by atoms with E-state index in [2.05, 4.69) is 46.5 Å². The summed E-state index contributed by atoms with van der Waals surface area (Å²) in [5, 5.41) is 9.12. The summed E-state index contributed by atoms with van der Waals surface area (Å²) in [6.45, 7) is 5.24. The van der Waals surface area contributed by atoms with Crippen molar-refractivity contribution < 1.29 is 9.32 Å². The van der Waals surface area contributed by atoms with Crippen LogP contribution in [0.2, 0.25) is 0 Å². The molecule has 7 nitrogen and oxygen atoms in total. The molecule has 2 aliphatic rings. The molecule has 1 aliphatic heterocycles. The van der Waals surface area contributed by atoms with Gasteiger partial charge in [-0.15, -0.1) is 5.53 Å². The summed E-state index contributed by atoms with van der Waals surface area (Å²) in [5.41, 5.74) is 9.16. The van der Waals surface area contributed by atoms with Gasteiger partial charge in [0.05, 0.1) is 0 Å². The highest BCUT2D eigenvalue weighted by Crippen LogP contribution is 2.29. The fourth-order valence-corrected chi connectivity index (χ4v) is 3.43. The van der Waals surface area contributed by atoms with Crippen molar-refractivity contribution in [2.24, 2.45) is 11.8 Å². The lowest BCUT2D eigenvalue weighted by Crippen LogP contribution is -2.49. The van der Waals surface area contributed by atoms with Gasteiger partial charge in [-0.2, -0.15) is 0 Å². The summed E-state index contributed by atoms with van der Waals surface area (Å²) < 4.78 is 5.22. The van der Waals surface area contributed by atoms with Gasteiger partial charge < -0.3 is 15.3 Å². The van der Waals surface area contributed by atoms with Crippen LogP contribution in [0.15, 0.2) is 52.8 Å². The number of carbonyl (C=O) groups excluding carboxylic acids is 1. The fourth-order valence-electron chi connectivity index (χ4n) is 3.43. The Balaban J connectivity index is 1.25. The number of carbonyl (C=O) groups is 1. The van der Waals surface area contributed by atoms with E-state index in [-0.39, 0.29) is 17.7 Å².